The van der Waals surface area contributed by atoms with Crippen LogP contribution in [0, 0.1) is 0 Å². The molecule has 0 saturated carbocycles. The molecule has 0 aliphatic heterocycles. The van der Waals surface area contributed by atoms with Gasteiger partial charge in [-0.05, 0) is 24.4 Å². The summed E-state index contributed by atoms with van der Waals surface area (Å²) in [6.07, 6.45) is 0. The molecule has 0 aliphatic rings. The summed E-state index contributed by atoms with van der Waals surface area (Å²) in [5.74, 6) is -0.0745. The quantitative estimate of drug-likeness (QED) is 0.576. The van der Waals surface area contributed by atoms with Gasteiger partial charge in [0.1, 0.15) is 0 Å². The highest BCUT2D eigenvalue weighted by Gasteiger charge is 2.15. The fraction of sp³-hybridized carbons (Fsp3) is 0.154. The molecule has 0 spiro atoms. The lowest BCUT2D eigenvalue weighted by molar-refractivity contribution is 0.0993. The first-order valence-corrected chi connectivity index (χ1v) is 5.78. The predicted octanol–water partition coefficient (Wildman–Crippen LogP) is 4.30. The molecule has 2 aromatic carbocycles. The first-order valence-electron chi connectivity index (χ1n) is 4.97. The Morgan fingerprint density at radius 1 is 1.12 bits per heavy atom. The summed E-state index contributed by atoms with van der Waals surface area (Å²) in [7, 11) is 0. The van der Waals surface area contributed by atoms with Crippen LogP contribution in [0.25, 0.3) is 10.8 Å². The van der Waals surface area contributed by atoms with Crippen molar-refractivity contribution in [1.29, 1.82) is 0 Å². The predicted molar refractivity (Wildman–Crippen MR) is 68.6 cm³/mol. The van der Waals surface area contributed by atoms with Crippen LogP contribution in [0.2, 0.25) is 5.02 Å². The molecule has 1 unspecified atom stereocenters. The molecule has 0 heterocycles. The minimum absolute atomic E-state index is 0.0745. The fourth-order valence-corrected chi connectivity index (χ4v) is 2.04. The molecule has 0 fully saturated rings. The van der Waals surface area contributed by atoms with Gasteiger partial charge in [-0.2, -0.15) is 0 Å². The molecule has 0 amide bonds. The van der Waals surface area contributed by atoms with Crippen molar-refractivity contribution in [2.24, 2.45) is 0 Å². The molecule has 16 heavy (non-hydrogen) atoms. The van der Waals surface area contributed by atoms with Crippen molar-refractivity contribution in [3.8, 4) is 0 Å². The highest BCUT2D eigenvalue weighted by Crippen LogP contribution is 2.27. The van der Waals surface area contributed by atoms with E-state index in [9.17, 15) is 4.79 Å². The van der Waals surface area contributed by atoms with E-state index < -0.39 is 5.38 Å². The molecule has 1 nitrogen and oxygen atoms in total. The summed E-state index contributed by atoms with van der Waals surface area (Å²) < 4.78 is 0. The third-order valence-electron chi connectivity index (χ3n) is 2.50. The molecule has 0 saturated heterocycles. The van der Waals surface area contributed by atoms with E-state index in [1.165, 1.54) is 0 Å². The molecule has 82 valence electrons. The van der Waals surface area contributed by atoms with Crippen molar-refractivity contribution in [3.63, 3.8) is 0 Å². The van der Waals surface area contributed by atoms with E-state index in [0.29, 0.717) is 10.6 Å². The maximum Gasteiger partial charge on any atom is 0.180 e. The second kappa shape index (κ2) is 4.44. The Labute approximate surface area is 104 Å². The Balaban J connectivity index is 2.72. The van der Waals surface area contributed by atoms with Gasteiger partial charge in [0.15, 0.2) is 5.78 Å². The number of fused-ring (bicyclic) bond motifs is 1. The van der Waals surface area contributed by atoms with E-state index in [1.807, 2.05) is 24.3 Å². The lowest BCUT2D eigenvalue weighted by atomic mass is 10.00. The van der Waals surface area contributed by atoms with Crippen molar-refractivity contribution in [2.45, 2.75) is 12.3 Å². The molecular formula is C13H10Cl2O. The average molecular weight is 253 g/mol. The summed E-state index contributed by atoms with van der Waals surface area (Å²) in [5, 5.41) is 1.86. The number of ketones is 1. The topological polar surface area (TPSA) is 17.1 Å². The van der Waals surface area contributed by atoms with E-state index >= 15 is 0 Å². The normalized spacial score (nSPS) is 12.7. The number of halogens is 2. The van der Waals surface area contributed by atoms with Crippen LogP contribution >= 0.6 is 23.2 Å². The van der Waals surface area contributed by atoms with E-state index in [0.717, 1.165) is 10.8 Å². The number of carbonyl (C=O) groups is 1. The van der Waals surface area contributed by atoms with E-state index in [4.69, 9.17) is 23.2 Å². The maximum absolute atomic E-state index is 11.9. The Hall–Kier alpha value is -1.05. The van der Waals surface area contributed by atoms with Gasteiger partial charge in [-0.3, -0.25) is 4.79 Å². The number of rotatable bonds is 2. The lowest BCUT2D eigenvalue weighted by Gasteiger charge is -2.08. The molecule has 0 aromatic heterocycles. The molecule has 1 atom stereocenters. The molecule has 0 N–H and O–H groups in total. The van der Waals surface area contributed by atoms with Crippen molar-refractivity contribution in [2.75, 3.05) is 0 Å². The molecular weight excluding hydrogens is 243 g/mol. The SMILES string of the molecule is CC(Cl)C(=O)c1ccc(Cl)c2ccccc12. The number of alkyl halides is 1. The zero-order chi connectivity index (χ0) is 11.7. The third-order valence-corrected chi connectivity index (χ3v) is 3.03. The largest absolute Gasteiger partial charge is 0.292 e. The van der Waals surface area contributed by atoms with Gasteiger partial charge in [-0.1, -0.05) is 35.9 Å². The van der Waals surface area contributed by atoms with Gasteiger partial charge in [-0.15, -0.1) is 11.6 Å². The van der Waals surface area contributed by atoms with E-state index in [-0.39, 0.29) is 5.78 Å². The summed E-state index contributed by atoms with van der Waals surface area (Å²) in [6, 6.07) is 11.0. The highest BCUT2D eigenvalue weighted by molar-refractivity contribution is 6.38. The van der Waals surface area contributed by atoms with E-state index in [2.05, 4.69) is 0 Å². The second-order valence-electron chi connectivity index (χ2n) is 3.62. The summed E-state index contributed by atoms with van der Waals surface area (Å²) in [5.41, 5.74) is 0.627. The number of hydrogen-bond donors (Lipinski definition) is 0. The Bertz CT molecular complexity index is 547. The van der Waals surface area contributed by atoms with Crippen LogP contribution in [0.15, 0.2) is 36.4 Å². The molecule has 0 radical (unpaired) electrons. The molecule has 0 aliphatic carbocycles. The van der Waals surface area contributed by atoms with Crippen molar-refractivity contribution >= 4 is 39.8 Å². The standard InChI is InChI=1S/C13H10Cl2O/c1-8(14)13(16)11-6-7-12(15)10-5-3-2-4-9(10)11/h2-8H,1H3. The Morgan fingerprint density at radius 2 is 1.75 bits per heavy atom. The first kappa shape index (κ1) is 11.4. The van der Waals surface area contributed by atoms with Crippen molar-refractivity contribution in [3.05, 3.63) is 47.0 Å². The summed E-state index contributed by atoms with van der Waals surface area (Å²) in [6.45, 7) is 1.67. The Morgan fingerprint density at radius 3 is 2.38 bits per heavy atom. The molecule has 3 heteroatoms. The van der Waals surface area contributed by atoms with Crippen molar-refractivity contribution < 1.29 is 4.79 Å². The number of benzene rings is 2. The van der Waals surface area contributed by atoms with Crippen LogP contribution in [0.4, 0.5) is 0 Å². The third kappa shape index (κ3) is 1.93. The van der Waals surface area contributed by atoms with Gasteiger partial charge in [0.05, 0.1) is 5.38 Å². The highest BCUT2D eigenvalue weighted by atomic mass is 35.5. The zero-order valence-electron chi connectivity index (χ0n) is 8.71. The van der Waals surface area contributed by atoms with Gasteiger partial charge in [0, 0.05) is 16.0 Å². The van der Waals surface area contributed by atoms with Crippen LogP contribution < -0.4 is 0 Å². The minimum Gasteiger partial charge on any atom is -0.292 e. The average Bonchev–Trinajstić information content (AvgIpc) is 2.29. The summed E-state index contributed by atoms with van der Waals surface area (Å²) >= 11 is 11.9. The minimum atomic E-state index is -0.524. The van der Waals surface area contributed by atoms with Gasteiger partial charge in [0.2, 0.25) is 0 Å². The van der Waals surface area contributed by atoms with E-state index in [1.54, 1.807) is 19.1 Å². The first-order chi connectivity index (χ1) is 7.61. The smallest absolute Gasteiger partial charge is 0.180 e. The zero-order valence-corrected chi connectivity index (χ0v) is 10.2. The van der Waals surface area contributed by atoms with Crippen molar-refractivity contribution in [1.82, 2.24) is 0 Å². The van der Waals surface area contributed by atoms with Crippen LogP contribution in [0.3, 0.4) is 0 Å². The Kier molecular flexibility index (Phi) is 3.17. The molecule has 0 bridgehead atoms. The maximum atomic E-state index is 11.9. The second-order valence-corrected chi connectivity index (χ2v) is 4.68. The van der Waals surface area contributed by atoms with Crippen LogP contribution in [0.5, 0.6) is 0 Å². The van der Waals surface area contributed by atoms with Crippen LogP contribution in [-0.4, -0.2) is 11.2 Å². The van der Waals surface area contributed by atoms with Gasteiger partial charge in [-0.25, -0.2) is 0 Å². The molecule has 2 aromatic rings. The monoisotopic (exact) mass is 252 g/mol. The van der Waals surface area contributed by atoms with Crippen LogP contribution in [-0.2, 0) is 0 Å². The van der Waals surface area contributed by atoms with Gasteiger partial charge in [0.25, 0.3) is 0 Å². The summed E-state index contributed by atoms with van der Waals surface area (Å²) in [4.78, 5) is 11.9. The van der Waals surface area contributed by atoms with Gasteiger partial charge >= 0.3 is 0 Å². The van der Waals surface area contributed by atoms with Gasteiger partial charge < -0.3 is 0 Å². The number of Topliss-reactive ketones (excluding diaryl/α,β-unsaturated/α-hetero) is 1. The number of hydrogen-bond acceptors (Lipinski definition) is 1. The molecule has 2 rings (SSSR count). The number of carbonyl (C=O) groups excluding carboxylic acids is 1. The van der Waals surface area contributed by atoms with Crippen LogP contribution in [0.1, 0.15) is 17.3 Å². The fourth-order valence-electron chi connectivity index (χ4n) is 1.69. The lowest BCUT2D eigenvalue weighted by Crippen LogP contribution is -2.10.